The second-order valence-electron chi connectivity index (χ2n) is 20.1. The number of para-hydroxylation sites is 1. The van der Waals surface area contributed by atoms with Crippen molar-refractivity contribution in [2.45, 2.75) is 111 Å². The van der Waals surface area contributed by atoms with E-state index in [4.69, 9.17) is 23.7 Å². The zero-order valence-electron chi connectivity index (χ0n) is 51.3. The van der Waals surface area contributed by atoms with Crippen LogP contribution in [-0.2, 0) is 31.9 Å². The van der Waals surface area contributed by atoms with Crippen LogP contribution in [0.2, 0.25) is 0 Å². The van der Waals surface area contributed by atoms with E-state index >= 15 is 0 Å². The molecule has 0 aliphatic carbocycles. The van der Waals surface area contributed by atoms with Gasteiger partial charge in [0.15, 0.2) is 0 Å². The zero-order valence-corrected chi connectivity index (χ0v) is 43.5. The van der Waals surface area contributed by atoms with Gasteiger partial charge in [-0.1, -0.05) is 209 Å². The van der Waals surface area contributed by atoms with Gasteiger partial charge in [0, 0.05) is 52.2 Å². The average molecular weight is 1110 g/mol. The summed E-state index contributed by atoms with van der Waals surface area (Å²) in [6, 6.07) is 52.2. The SMILES string of the molecule is [2H]C(C)(C)c1ccc(-n2c(-c3cc(C(C)C)cc(C(C)C)c3O)nc3c(-c4[c-]c(-c5cc(-c6ccc(C(C([2H])([2H])[2H])(C([2H])([2H])[2H])C([2H])([2H])[2H])cc6)ccn5)cc(-c5ccccc5)c4)cccc32)c(-c2ccc(C(C)(C)C)cc2)c1.[Pt]. The van der Waals surface area contributed by atoms with E-state index in [0.717, 1.165) is 61.3 Å². The number of hydrogen-bond donors (Lipinski definition) is 1. The van der Waals surface area contributed by atoms with E-state index in [1.807, 2.05) is 80.6 Å². The maximum absolute atomic E-state index is 12.5. The molecule has 9 aromatic rings. The quantitative estimate of drug-likeness (QED) is 0.139. The molecule has 0 saturated heterocycles. The molecule has 0 amide bonds. The molecule has 5 heteroatoms. The van der Waals surface area contributed by atoms with Gasteiger partial charge in [-0.15, -0.1) is 23.8 Å². The molecule has 0 unspecified atom stereocenters. The molecule has 0 aliphatic heterocycles. The van der Waals surface area contributed by atoms with Crippen molar-refractivity contribution >= 4 is 11.0 Å². The molecule has 9 rings (SSSR count). The molecular formula is C65H66N3OPt-. The number of imidazole rings is 1. The maximum Gasteiger partial charge on any atom is 0.148 e. The van der Waals surface area contributed by atoms with Gasteiger partial charge in [-0.3, -0.25) is 9.55 Å². The van der Waals surface area contributed by atoms with Crippen LogP contribution in [0.5, 0.6) is 5.75 Å². The maximum atomic E-state index is 12.5. The molecule has 0 atom stereocenters. The van der Waals surface area contributed by atoms with Crippen LogP contribution in [0.1, 0.15) is 142 Å². The summed E-state index contributed by atoms with van der Waals surface area (Å²) in [5, 5.41) is 12.5. The van der Waals surface area contributed by atoms with E-state index in [2.05, 4.69) is 114 Å². The Morgan fingerprint density at radius 1 is 0.571 bits per heavy atom. The van der Waals surface area contributed by atoms with Crippen LogP contribution in [0.3, 0.4) is 0 Å². The minimum atomic E-state index is -3.39. The third-order valence-electron chi connectivity index (χ3n) is 13.2. The fourth-order valence-corrected chi connectivity index (χ4v) is 9.11. The summed E-state index contributed by atoms with van der Waals surface area (Å²) in [6.07, 6.45) is 1.65. The molecule has 7 aromatic carbocycles. The van der Waals surface area contributed by atoms with Gasteiger partial charge in [0.25, 0.3) is 0 Å². The predicted molar refractivity (Wildman–Crippen MR) is 292 cm³/mol. The van der Waals surface area contributed by atoms with E-state index in [1.54, 1.807) is 24.4 Å². The molecule has 0 aliphatic rings. The van der Waals surface area contributed by atoms with Crippen LogP contribution in [0.15, 0.2) is 158 Å². The molecule has 0 bridgehead atoms. The number of aromatic nitrogens is 3. The van der Waals surface area contributed by atoms with Gasteiger partial charge in [-0.2, -0.15) is 0 Å². The minimum Gasteiger partial charge on any atom is -0.507 e. The van der Waals surface area contributed by atoms with Crippen LogP contribution in [-0.4, -0.2) is 19.6 Å². The van der Waals surface area contributed by atoms with Gasteiger partial charge in [-0.05, 0) is 109 Å². The summed E-state index contributed by atoms with van der Waals surface area (Å²) in [5.41, 5.74) is 10.9. The van der Waals surface area contributed by atoms with Crippen molar-refractivity contribution in [2.75, 3.05) is 0 Å². The monoisotopic (exact) mass is 1110 g/mol. The van der Waals surface area contributed by atoms with Crippen molar-refractivity contribution in [1.29, 1.82) is 0 Å². The minimum absolute atomic E-state index is 0. The number of phenolic OH excluding ortho intramolecular Hbond substituents is 1. The second-order valence-corrected chi connectivity index (χ2v) is 20.1. The Morgan fingerprint density at radius 2 is 1.21 bits per heavy atom. The van der Waals surface area contributed by atoms with E-state index in [1.165, 1.54) is 17.7 Å². The first-order valence-corrected chi connectivity index (χ1v) is 23.8. The van der Waals surface area contributed by atoms with E-state index in [0.29, 0.717) is 39.3 Å². The number of hydrogen-bond acceptors (Lipinski definition) is 3. The number of aromatic hydroxyl groups is 1. The summed E-state index contributed by atoms with van der Waals surface area (Å²) in [7, 11) is 0. The Bertz CT molecular complexity index is 3680. The molecule has 0 spiro atoms. The van der Waals surface area contributed by atoms with Gasteiger partial charge < -0.3 is 5.11 Å². The summed E-state index contributed by atoms with van der Waals surface area (Å²) in [4.78, 5) is 10.4. The Balaban J connectivity index is 0.00000841. The normalized spacial score (nSPS) is 14.8. The molecule has 1 N–H and O–H groups in total. The van der Waals surface area contributed by atoms with E-state index in [9.17, 15) is 5.11 Å². The second kappa shape index (κ2) is 19.8. The van der Waals surface area contributed by atoms with Gasteiger partial charge in [-0.25, -0.2) is 4.98 Å². The van der Waals surface area contributed by atoms with Gasteiger partial charge in [0.1, 0.15) is 11.6 Å². The van der Waals surface area contributed by atoms with Gasteiger partial charge in [0.2, 0.25) is 0 Å². The molecule has 4 nitrogen and oxygen atoms in total. The molecule has 2 heterocycles. The van der Waals surface area contributed by atoms with Gasteiger partial charge >= 0.3 is 0 Å². The van der Waals surface area contributed by atoms with Crippen molar-refractivity contribution in [1.82, 2.24) is 14.5 Å². The third kappa shape index (κ3) is 9.99. The predicted octanol–water partition coefficient (Wildman–Crippen LogP) is 17.9. The topological polar surface area (TPSA) is 50.9 Å². The number of benzene rings is 7. The van der Waals surface area contributed by atoms with Crippen molar-refractivity contribution in [3.63, 3.8) is 0 Å². The third-order valence-corrected chi connectivity index (χ3v) is 13.2. The van der Waals surface area contributed by atoms with Crippen molar-refractivity contribution in [3.8, 4) is 78.6 Å². The van der Waals surface area contributed by atoms with Crippen LogP contribution in [0.4, 0.5) is 0 Å². The first-order valence-electron chi connectivity index (χ1n) is 28.8. The number of phenols is 1. The molecule has 0 fully saturated rings. The van der Waals surface area contributed by atoms with Crippen LogP contribution < -0.4 is 0 Å². The number of fused-ring (bicyclic) bond motifs is 1. The molecule has 0 radical (unpaired) electrons. The van der Waals surface area contributed by atoms with Crippen molar-refractivity contribution in [3.05, 3.63) is 192 Å². The Morgan fingerprint density at radius 3 is 1.86 bits per heavy atom. The summed E-state index contributed by atoms with van der Waals surface area (Å²) >= 11 is 0. The van der Waals surface area contributed by atoms with E-state index in [-0.39, 0.29) is 49.6 Å². The van der Waals surface area contributed by atoms with Crippen molar-refractivity contribution in [2.24, 2.45) is 0 Å². The van der Waals surface area contributed by atoms with Crippen LogP contribution in [0, 0.1) is 6.07 Å². The molecular weight excluding hydrogens is 1030 g/mol. The number of nitrogens with zero attached hydrogens (tertiary/aromatic N) is 3. The number of pyridine rings is 1. The Hall–Kier alpha value is -6.35. The van der Waals surface area contributed by atoms with Crippen LogP contribution >= 0.6 is 0 Å². The standard InChI is InChI=1S/C65H66N3O.Pt/c1-40(2)46-25-30-59(56(36-46)45-23-28-53(29-24-45)65(10,11)12)68-60-20-16-19-54(61(60)67-63(68)57-38-48(41(3)4)37-55(42(5)6)62(57)69)50-33-49(43-17-14-13-15-18-43)34-51(35-50)58-39-47(31-32-66-58)44-21-26-52(27-22-44)64(7,8)9;/h13-34,36-42,69H,1-12H3;/q-1;/i7D3,8D3,9D3,40D;. The first-order chi connectivity index (χ1) is 36.9. The molecule has 0 saturated carbocycles. The average Bonchev–Trinajstić information content (AvgIpc) is 3.60. The fraction of sp³-hybridized carbons (Fsp3) is 0.262. The molecule has 70 heavy (non-hydrogen) atoms. The fourth-order valence-electron chi connectivity index (χ4n) is 9.11. The van der Waals surface area contributed by atoms with Crippen molar-refractivity contribution < 1.29 is 39.9 Å². The largest absolute Gasteiger partial charge is 0.507 e. The summed E-state index contributed by atoms with van der Waals surface area (Å²) < 4.78 is 85.5. The summed E-state index contributed by atoms with van der Waals surface area (Å²) in [5.74, 6) is -0.0580. The Kier molecular flexibility index (Phi) is 10.9. The Labute approximate surface area is 445 Å². The van der Waals surface area contributed by atoms with Crippen LogP contribution in [0.25, 0.3) is 83.9 Å². The first kappa shape index (κ1) is 38.4. The summed E-state index contributed by atoms with van der Waals surface area (Å²) in [6.45, 7) is 8.65. The number of rotatable bonds is 10. The molecule has 358 valence electrons. The van der Waals surface area contributed by atoms with E-state index < -0.39 is 31.9 Å². The van der Waals surface area contributed by atoms with Gasteiger partial charge in [0.05, 0.1) is 22.3 Å². The zero-order chi connectivity index (χ0) is 57.4. The smallest absolute Gasteiger partial charge is 0.148 e. The molecule has 2 aromatic heterocycles.